The van der Waals surface area contributed by atoms with Gasteiger partial charge in [0.05, 0.1) is 16.8 Å². The minimum absolute atomic E-state index is 0.191. The van der Waals surface area contributed by atoms with Crippen molar-refractivity contribution in [1.82, 2.24) is 15.3 Å². The van der Waals surface area contributed by atoms with Crippen LogP contribution in [0.2, 0.25) is 0 Å². The van der Waals surface area contributed by atoms with Crippen molar-refractivity contribution in [2.75, 3.05) is 6.54 Å². The first kappa shape index (κ1) is 17.2. The Morgan fingerprint density at radius 3 is 2.60 bits per heavy atom. The summed E-state index contributed by atoms with van der Waals surface area (Å²) in [4.78, 5) is 20.4. The molecule has 130 valence electrons. The van der Waals surface area contributed by atoms with Crippen LogP contribution in [0.15, 0.2) is 48.1 Å². The molecule has 4 nitrogen and oxygen atoms in total. The molecule has 0 aliphatic heterocycles. The van der Waals surface area contributed by atoms with Gasteiger partial charge in [0.15, 0.2) is 0 Å². The minimum atomic E-state index is -4.41. The van der Waals surface area contributed by atoms with Crippen LogP contribution in [-0.4, -0.2) is 22.4 Å². The molecule has 0 atom stereocenters. The molecule has 1 amide bonds. The summed E-state index contributed by atoms with van der Waals surface area (Å²) in [7, 11) is 0. The lowest BCUT2D eigenvalue weighted by Gasteiger charge is -2.08. The molecule has 1 aromatic carbocycles. The summed E-state index contributed by atoms with van der Waals surface area (Å²) in [6, 6.07) is 8.05. The van der Waals surface area contributed by atoms with Gasteiger partial charge in [-0.2, -0.15) is 13.2 Å². The molecule has 0 aliphatic rings. The molecule has 0 unspecified atom stereocenters. The van der Waals surface area contributed by atoms with Crippen molar-refractivity contribution < 1.29 is 18.0 Å². The number of carbonyl (C=O) groups excluding carboxylic acids is 1. The Bertz CT molecular complexity index is 839. The number of hydrogen-bond donors (Lipinski definition) is 2. The van der Waals surface area contributed by atoms with E-state index in [4.69, 9.17) is 0 Å². The summed E-state index contributed by atoms with van der Waals surface area (Å²) in [5, 5.41) is 4.66. The fourth-order valence-electron chi connectivity index (χ4n) is 2.35. The number of nitrogens with zero attached hydrogens (tertiary/aromatic N) is 1. The van der Waals surface area contributed by atoms with Crippen LogP contribution in [0.25, 0.3) is 10.6 Å². The number of H-pyrrole nitrogens is 1. The molecule has 3 rings (SSSR count). The maximum absolute atomic E-state index is 12.5. The maximum atomic E-state index is 12.5. The summed E-state index contributed by atoms with van der Waals surface area (Å²) < 4.78 is 37.6. The van der Waals surface area contributed by atoms with Gasteiger partial charge >= 0.3 is 6.18 Å². The molecule has 0 aliphatic carbocycles. The molecule has 2 N–H and O–H groups in total. The Labute approximate surface area is 145 Å². The Morgan fingerprint density at radius 1 is 1.20 bits per heavy atom. The lowest BCUT2D eigenvalue weighted by molar-refractivity contribution is -0.137. The number of thiophene rings is 1. The largest absolute Gasteiger partial charge is 0.416 e. The summed E-state index contributed by atoms with van der Waals surface area (Å²) in [5.74, 6) is -0.411. The van der Waals surface area contributed by atoms with E-state index in [2.05, 4.69) is 15.3 Å². The number of aromatic amines is 1. The van der Waals surface area contributed by atoms with E-state index in [9.17, 15) is 18.0 Å². The summed E-state index contributed by atoms with van der Waals surface area (Å²) in [6.07, 6.45) is -2.27. The quantitative estimate of drug-likeness (QED) is 0.714. The zero-order valence-electron chi connectivity index (χ0n) is 12.9. The number of alkyl halides is 3. The number of nitrogens with one attached hydrogen (secondary N) is 2. The standard InChI is InChI=1S/C17H14F3N3OS/c18-17(19,20)12-5-3-11(4-6-12)16(24)21-8-7-13-15(23-10-22-13)14-2-1-9-25-14/h1-6,9-10H,7-8H2,(H,21,24)(H,22,23). The number of amides is 1. The number of rotatable bonds is 5. The second-order valence-corrected chi connectivity index (χ2v) is 6.24. The number of halogens is 3. The lowest BCUT2D eigenvalue weighted by Crippen LogP contribution is -2.26. The molecule has 0 bridgehead atoms. The average Bonchev–Trinajstić information content (AvgIpc) is 3.25. The van der Waals surface area contributed by atoms with Gasteiger partial charge in [-0.1, -0.05) is 6.07 Å². The molecule has 0 radical (unpaired) electrons. The molecule has 0 spiro atoms. The fourth-order valence-corrected chi connectivity index (χ4v) is 3.10. The molecule has 2 heterocycles. The Hall–Kier alpha value is -2.61. The Morgan fingerprint density at radius 2 is 1.96 bits per heavy atom. The third kappa shape index (κ3) is 4.08. The Kier molecular flexibility index (Phi) is 4.89. The topological polar surface area (TPSA) is 57.8 Å². The van der Waals surface area contributed by atoms with Crippen molar-refractivity contribution in [2.45, 2.75) is 12.6 Å². The van der Waals surface area contributed by atoms with Crippen LogP contribution in [0.5, 0.6) is 0 Å². The number of carbonyl (C=O) groups is 1. The summed E-state index contributed by atoms with van der Waals surface area (Å²) in [6.45, 7) is 0.348. The SMILES string of the molecule is O=C(NCCc1[nH]cnc1-c1cccs1)c1ccc(C(F)(F)F)cc1. The van der Waals surface area contributed by atoms with Crippen LogP contribution >= 0.6 is 11.3 Å². The van der Waals surface area contributed by atoms with Gasteiger partial charge in [-0.25, -0.2) is 4.98 Å². The van der Waals surface area contributed by atoms with Gasteiger partial charge in [0.1, 0.15) is 5.69 Å². The van der Waals surface area contributed by atoms with E-state index in [0.717, 1.165) is 28.4 Å². The van der Waals surface area contributed by atoms with Crippen LogP contribution in [0.1, 0.15) is 21.6 Å². The summed E-state index contributed by atoms with van der Waals surface area (Å²) >= 11 is 1.57. The highest BCUT2D eigenvalue weighted by molar-refractivity contribution is 7.13. The molecular formula is C17H14F3N3OS. The fraction of sp³-hybridized carbons (Fsp3) is 0.176. The minimum Gasteiger partial charge on any atom is -0.352 e. The first-order valence-electron chi connectivity index (χ1n) is 7.47. The first-order chi connectivity index (χ1) is 11.9. The molecule has 3 aromatic rings. The van der Waals surface area contributed by atoms with Crippen molar-refractivity contribution in [2.24, 2.45) is 0 Å². The zero-order valence-corrected chi connectivity index (χ0v) is 13.7. The second kappa shape index (κ2) is 7.10. The highest BCUT2D eigenvalue weighted by Crippen LogP contribution is 2.29. The molecule has 25 heavy (non-hydrogen) atoms. The number of benzene rings is 1. The second-order valence-electron chi connectivity index (χ2n) is 5.29. The maximum Gasteiger partial charge on any atom is 0.416 e. The monoisotopic (exact) mass is 365 g/mol. The molecule has 0 fully saturated rings. The van der Waals surface area contributed by atoms with Crippen molar-refractivity contribution in [3.63, 3.8) is 0 Å². The highest BCUT2D eigenvalue weighted by atomic mass is 32.1. The van der Waals surface area contributed by atoms with Crippen LogP contribution in [0.3, 0.4) is 0 Å². The average molecular weight is 365 g/mol. The molecule has 0 saturated heterocycles. The molecule has 2 aromatic heterocycles. The highest BCUT2D eigenvalue weighted by Gasteiger charge is 2.30. The smallest absolute Gasteiger partial charge is 0.352 e. The van der Waals surface area contributed by atoms with E-state index in [1.165, 1.54) is 12.1 Å². The molecule has 0 saturated carbocycles. The Balaban J connectivity index is 1.58. The molecule has 8 heteroatoms. The summed E-state index contributed by atoms with van der Waals surface area (Å²) in [5.41, 5.74) is 1.16. The van der Waals surface area contributed by atoms with E-state index in [0.29, 0.717) is 13.0 Å². The van der Waals surface area contributed by atoms with Gasteiger partial charge in [-0.3, -0.25) is 4.79 Å². The van der Waals surface area contributed by atoms with Crippen molar-refractivity contribution >= 4 is 17.2 Å². The van der Waals surface area contributed by atoms with E-state index >= 15 is 0 Å². The third-order valence-corrected chi connectivity index (χ3v) is 4.48. The van der Waals surface area contributed by atoms with Gasteiger partial charge in [0.2, 0.25) is 0 Å². The van der Waals surface area contributed by atoms with Crippen molar-refractivity contribution in [3.8, 4) is 10.6 Å². The first-order valence-corrected chi connectivity index (χ1v) is 8.34. The normalized spacial score (nSPS) is 11.5. The van der Waals surface area contributed by atoms with E-state index in [1.54, 1.807) is 17.7 Å². The zero-order chi connectivity index (χ0) is 17.9. The third-order valence-electron chi connectivity index (χ3n) is 3.61. The number of aromatic nitrogens is 2. The predicted molar refractivity (Wildman–Crippen MR) is 89.4 cm³/mol. The van der Waals surface area contributed by atoms with E-state index in [1.807, 2.05) is 17.5 Å². The van der Waals surface area contributed by atoms with E-state index in [-0.39, 0.29) is 5.56 Å². The van der Waals surface area contributed by atoms with Crippen LogP contribution in [-0.2, 0) is 12.6 Å². The number of imidazole rings is 1. The van der Waals surface area contributed by atoms with Gasteiger partial charge in [0.25, 0.3) is 5.91 Å². The predicted octanol–water partition coefficient (Wildman–Crippen LogP) is 4.13. The van der Waals surface area contributed by atoms with Crippen LogP contribution < -0.4 is 5.32 Å². The van der Waals surface area contributed by atoms with Crippen LogP contribution in [0.4, 0.5) is 13.2 Å². The van der Waals surface area contributed by atoms with Gasteiger partial charge < -0.3 is 10.3 Å². The lowest BCUT2D eigenvalue weighted by atomic mass is 10.1. The van der Waals surface area contributed by atoms with Gasteiger partial charge in [-0.15, -0.1) is 11.3 Å². The van der Waals surface area contributed by atoms with Gasteiger partial charge in [-0.05, 0) is 35.7 Å². The van der Waals surface area contributed by atoms with Crippen molar-refractivity contribution in [3.05, 3.63) is 64.9 Å². The van der Waals surface area contributed by atoms with Gasteiger partial charge in [0, 0.05) is 24.2 Å². The van der Waals surface area contributed by atoms with Crippen molar-refractivity contribution in [1.29, 1.82) is 0 Å². The van der Waals surface area contributed by atoms with E-state index < -0.39 is 17.6 Å². The number of hydrogen-bond acceptors (Lipinski definition) is 3. The van der Waals surface area contributed by atoms with Crippen LogP contribution in [0, 0.1) is 0 Å². The molecular weight excluding hydrogens is 351 g/mol.